The summed E-state index contributed by atoms with van der Waals surface area (Å²) in [5, 5.41) is 14.0. The van der Waals surface area contributed by atoms with Crippen molar-refractivity contribution in [3.8, 4) is 0 Å². The Morgan fingerprint density at radius 2 is 2.03 bits per heavy atom. The Morgan fingerprint density at radius 3 is 2.86 bits per heavy atom. The zero-order valence-electron chi connectivity index (χ0n) is 20.7. The third-order valence-electron chi connectivity index (χ3n) is 8.59. The van der Waals surface area contributed by atoms with Crippen LogP contribution in [0.3, 0.4) is 0 Å². The van der Waals surface area contributed by atoms with E-state index in [2.05, 4.69) is 37.5 Å². The second kappa shape index (κ2) is 9.47. The van der Waals surface area contributed by atoms with E-state index in [0.717, 1.165) is 66.8 Å². The molecule has 2 aliphatic heterocycles. The minimum absolute atomic E-state index is 0.0493. The first-order valence-corrected chi connectivity index (χ1v) is 13.4. The highest BCUT2D eigenvalue weighted by molar-refractivity contribution is 5.82. The number of nitrogens with one attached hydrogen (secondary N) is 1. The van der Waals surface area contributed by atoms with E-state index in [9.17, 15) is 4.79 Å². The molecule has 1 N–H and O–H groups in total. The molecule has 0 radical (unpaired) electrons. The van der Waals surface area contributed by atoms with Gasteiger partial charge in [0.2, 0.25) is 0 Å². The molecule has 35 heavy (non-hydrogen) atoms. The van der Waals surface area contributed by atoms with Gasteiger partial charge in [-0.2, -0.15) is 0 Å². The number of ether oxygens (including phenoxy) is 1. The first kappa shape index (κ1) is 22.9. The maximum absolute atomic E-state index is 13.6. The number of hydrogen-bond acceptors (Lipinski definition) is 6. The molecule has 0 bridgehead atoms. The summed E-state index contributed by atoms with van der Waals surface area (Å²) >= 11 is 0. The van der Waals surface area contributed by atoms with E-state index in [1.54, 1.807) is 0 Å². The number of tetrazole rings is 1. The number of benzene rings is 1. The summed E-state index contributed by atoms with van der Waals surface area (Å²) in [6.45, 7) is 5.40. The summed E-state index contributed by atoms with van der Waals surface area (Å²) in [7, 11) is 0. The van der Waals surface area contributed by atoms with Crippen molar-refractivity contribution in [1.82, 2.24) is 30.1 Å². The van der Waals surface area contributed by atoms with Crippen LogP contribution < -0.4 is 5.56 Å². The van der Waals surface area contributed by atoms with Crippen LogP contribution in [0.2, 0.25) is 0 Å². The highest BCUT2D eigenvalue weighted by atomic mass is 16.5. The van der Waals surface area contributed by atoms with Gasteiger partial charge in [0.05, 0.1) is 18.2 Å². The number of aromatic nitrogens is 5. The first-order chi connectivity index (χ1) is 17.1. The molecule has 1 spiro atoms. The molecule has 6 rings (SSSR count). The number of pyridine rings is 1. The van der Waals surface area contributed by atoms with Gasteiger partial charge < -0.3 is 9.72 Å². The topological polar surface area (TPSA) is 88.9 Å². The molecule has 3 aromatic rings. The van der Waals surface area contributed by atoms with Gasteiger partial charge in [-0.25, -0.2) is 4.68 Å². The lowest BCUT2D eigenvalue weighted by molar-refractivity contribution is 0.0326. The summed E-state index contributed by atoms with van der Waals surface area (Å²) in [5.41, 5.74) is 3.01. The minimum Gasteiger partial charge on any atom is -0.376 e. The number of hydrogen-bond donors (Lipinski definition) is 1. The first-order valence-electron chi connectivity index (χ1n) is 13.4. The third kappa shape index (κ3) is 4.42. The van der Waals surface area contributed by atoms with Gasteiger partial charge in [-0.3, -0.25) is 9.69 Å². The third-order valence-corrected chi connectivity index (χ3v) is 8.59. The molecular formula is C27H36N6O2. The molecule has 1 saturated carbocycles. The monoisotopic (exact) mass is 476 g/mol. The zero-order chi connectivity index (χ0) is 23.8. The molecule has 0 unspecified atom stereocenters. The predicted molar refractivity (Wildman–Crippen MR) is 134 cm³/mol. The van der Waals surface area contributed by atoms with E-state index in [1.807, 2.05) is 23.7 Å². The Morgan fingerprint density at radius 1 is 1.17 bits per heavy atom. The molecule has 2 atom stereocenters. The van der Waals surface area contributed by atoms with Gasteiger partial charge in [0.15, 0.2) is 5.82 Å². The number of fused-ring (bicyclic) bond motifs is 1. The zero-order valence-corrected chi connectivity index (χ0v) is 20.7. The fourth-order valence-electron chi connectivity index (χ4n) is 6.80. The molecule has 4 heterocycles. The lowest BCUT2D eigenvalue weighted by atomic mass is 9.69. The Hall–Kier alpha value is -2.58. The second-order valence-electron chi connectivity index (χ2n) is 11.0. The maximum atomic E-state index is 13.6. The number of aromatic amines is 1. The van der Waals surface area contributed by atoms with Crippen LogP contribution >= 0.6 is 0 Å². The van der Waals surface area contributed by atoms with Crippen LogP contribution in [0.25, 0.3) is 10.9 Å². The smallest absolute Gasteiger partial charge is 0.253 e. The van der Waals surface area contributed by atoms with Gasteiger partial charge in [-0.15, -0.1) is 5.10 Å². The number of aryl methyl sites for hydroxylation is 1. The van der Waals surface area contributed by atoms with Crippen LogP contribution in [0.4, 0.5) is 0 Å². The fraction of sp³-hybridized carbons (Fsp3) is 0.630. The number of likely N-dealkylation sites (tertiary alicyclic amines) is 1. The molecule has 2 saturated heterocycles. The molecule has 2 aromatic heterocycles. The molecule has 1 aromatic carbocycles. The molecule has 3 fully saturated rings. The number of para-hydroxylation sites is 1. The lowest BCUT2D eigenvalue weighted by Crippen LogP contribution is -2.47. The van der Waals surface area contributed by atoms with E-state index in [-0.39, 0.29) is 17.7 Å². The summed E-state index contributed by atoms with van der Waals surface area (Å²) in [6.07, 6.45) is 11.2. The highest BCUT2D eigenvalue weighted by Crippen LogP contribution is 2.45. The molecule has 0 amide bonds. The van der Waals surface area contributed by atoms with Crippen LogP contribution in [0, 0.1) is 12.3 Å². The van der Waals surface area contributed by atoms with Crippen molar-refractivity contribution in [2.45, 2.75) is 83.4 Å². The molecule has 3 aliphatic rings. The van der Waals surface area contributed by atoms with Gasteiger partial charge in [0.1, 0.15) is 6.04 Å². The predicted octanol–water partition coefficient (Wildman–Crippen LogP) is 4.14. The van der Waals surface area contributed by atoms with Crippen molar-refractivity contribution >= 4 is 10.9 Å². The van der Waals surface area contributed by atoms with Crippen LogP contribution in [0.5, 0.6) is 0 Å². The SMILES string of the molecule is Cc1cccc2cc([C@H](c3nnnn3C[C@@H]3CCCO3)N3CCCC4(CCCCC4)C3)c(=O)[nH]c12. The van der Waals surface area contributed by atoms with E-state index in [0.29, 0.717) is 12.0 Å². The molecule has 1 aliphatic carbocycles. The number of H-pyrrole nitrogens is 1. The van der Waals surface area contributed by atoms with Gasteiger partial charge in [0, 0.05) is 18.7 Å². The quantitative estimate of drug-likeness (QED) is 0.595. The summed E-state index contributed by atoms with van der Waals surface area (Å²) < 4.78 is 7.79. The summed E-state index contributed by atoms with van der Waals surface area (Å²) in [4.78, 5) is 19.3. The van der Waals surface area contributed by atoms with E-state index >= 15 is 0 Å². The standard InChI is InChI=1S/C27H36N6O2/c1-19-8-5-9-20-16-22(26(34)28-23(19)20)24(25-29-30-31-33(25)17-21-10-6-15-35-21)32-14-7-13-27(18-32)11-3-2-4-12-27/h5,8-9,16,21,24H,2-4,6-7,10-15,17-18H2,1H3,(H,28,34)/t21-,24+/m0/s1. The molecule has 186 valence electrons. The Kier molecular flexibility index (Phi) is 6.18. The van der Waals surface area contributed by atoms with Crippen LogP contribution in [0.1, 0.15) is 80.8 Å². The molecule has 8 nitrogen and oxygen atoms in total. The summed E-state index contributed by atoms with van der Waals surface area (Å²) in [6, 6.07) is 7.95. The van der Waals surface area contributed by atoms with Crippen LogP contribution in [0.15, 0.2) is 29.1 Å². The maximum Gasteiger partial charge on any atom is 0.253 e. The fourth-order valence-corrected chi connectivity index (χ4v) is 6.80. The summed E-state index contributed by atoms with van der Waals surface area (Å²) in [5.74, 6) is 0.755. The number of nitrogens with zero attached hydrogens (tertiary/aromatic N) is 5. The average Bonchev–Trinajstić information content (AvgIpc) is 3.54. The highest BCUT2D eigenvalue weighted by Gasteiger charge is 2.41. The van der Waals surface area contributed by atoms with Crippen molar-refractivity contribution in [2.75, 3.05) is 19.7 Å². The Balaban J connectivity index is 1.44. The lowest BCUT2D eigenvalue weighted by Gasteiger charge is -2.47. The van der Waals surface area contributed by atoms with E-state index in [1.165, 1.54) is 38.5 Å². The van der Waals surface area contributed by atoms with E-state index < -0.39 is 0 Å². The van der Waals surface area contributed by atoms with Crippen LogP contribution in [-0.4, -0.2) is 55.9 Å². The number of rotatable bonds is 5. The molecular weight excluding hydrogens is 440 g/mol. The second-order valence-corrected chi connectivity index (χ2v) is 11.0. The van der Waals surface area contributed by atoms with Gasteiger partial charge in [-0.1, -0.05) is 37.5 Å². The van der Waals surface area contributed by atoms with Gasteiger partial charge >= 0.3 is 0 Å². The van der Waals surface area contributed by atoms with Gasteiger partial charge in [-0.05, 0) is 84.9 Å². The van der Waals surface area contributed by atoms with Crippen molar-refractivity contribution in [2.24, 2.45) is 5.41 Å². The van der Waals surface area contributed by atoms with Crippen molar-refractivity contribution in [3.63, 3.8) is 0 Å². The van der Waals surface area contributed by atoms with Crippen molar-refractivity contribution in [1.29, 1.82) is 0 Å². The van der Waals surface area contributed by atoms with Crippen molar-refractivity contribution in [3.05, 3.63) is 51.6 Å². The van der Waals surface area contributed by atoms with Crippen LogP contribution in [-0.2, 0) is 11.3 Å². The van der Waals surface area contributed by atoms with Gasteiger partial charge in [0.25, 0.3) is 5.56 Å². The largest absolute Gasteiger partial charge is 0.376 e. The Labute approximate surface area is 206 Å². The normalized spacial score (nSPS) is 23.7. The van der Waals surface area contributed by atoms with E-state index in [4.69, 9.17) is 4.74 Å². The minimum atomic E-state index is -0.279. The number of piperidine rings is 1. The average molecular weight is 477 g/mol. The Bertz CT molecular complexity index is 1230. The van der Waals surface area contributed by atoms with Crippen molar-refractivity contribution < 1.29 is 4.74 Å². The molecule has 8 heteroatoms.